The van der Waals surface area contributed by atoms with Crippen molar-refractivity contribution in [2.24, 2.45) is 0 Å². The molecule has 0 saturated carbocycles. The summed E-state index contributed by atoms with van der Waals surface area (Å²) in [5.41, 5.74) is 1.79. The Hall–Kier alpha value is -1.36. The van der Waals surface area contributed by atoms with Gasteiger partial charge in [-0.05, 0) is 18.6 Å². The molecule has 6 heteroatoms. The Morgan fingerprint density at radius 2 is 2.00 bits per heavy atom. The number of aryl methyl sites for hydroxylation is 1. The highest BCUT2D eigenvalue weighted by molar-refractivity contribution is 7.13. The third-order valence-electron chi connectivity index (χ3n) is 2.99. The molecule has 2 heterocycles. The standard InChI is InChI=1S/C14H10Cl2N2OS/c1-7-3-4-9(15)11-12(7)17-14(18-13(11)16)10-5-8(19-2)6-20-10/h3-6H,1-2H3. The average Bonchev–Trinajstić information content (AvgIpc) is 2.91. The monoisotopic (exact) mass is 324 g/mol. The molecule has 20 heavy (non-hydrogen) atoms. The minimum Gasteiger partial charge on any atom is -0.496 e. The number of aromatic nitrogens is 2. The van der Waals surface area contributed by atoms with Crippen LogP contribution < -0.4 is 4.74 Å². The van der Waals surface area contributed by atoms with E-state index in [0.717, 1.165) is 21.7 Å². The number of benzene rings is 1. The zero-order valence-electron chi connectivity index (χ0n) is 10.8. The molecular formula is C14H10Cl2N2OS. The van der Waals surface area contributed by atoms with Crippen LogP contribution in [0, 0.1) is 6.92 Å². The maximum absolute atomic E-state index is 6.27. The zero-order chi connectivity index (χ0) is 14.3. The summed E-state index contributed by atoms with van der Waals surface area (Å²) >= 11 is 14.0. The van der Waals surface area contributed by atoms with Crippen LogP contribution in [0.5, 0.6) is 5.75 Å². The molecule has 0 aliphatic rings. The molecule has 0 unspecified atom stereocenters. The predicted octanol–water partition coefficient (Wildman–Crippen LogP) is 4.98. The van der Waals surface area contributed by atoms with Gasteiger partial charge in [-0.25, -0.2) is 9.97 Å². The third-order valence-corrected chi connectivity index (χ3v) is 4.48. The molecule has 102 valence electrons. The Bertz CT molecular complexity index is 801. The van der Waals surface area contributed by atoms with Crippen molar-refractivity contribution < 1.29 is 4.74 Å². The fourth-order valence-electron chi connectivity index (χ4n) is 1.94. The van der Waals surface area contributed by atoms with Crippen molar-refractivity contribution in [3.8, 4) is 16.5 Å². The van der Waals surface area contributed by atoms with E-state index in [9.17, 15) is 0 Å². The molecule has 2 aromatic heterocycles. The van der Waals surface area contributed by atoms with Gasteiger partial charge in [0.05, 0.1) is 27.9 Å². The summed E-state index contributed by atoms with van der Waals surface area (Å²) < 4.78 is 5.18. The van der Waals surface area contributed by atoms with E-state index in [1.807, 2.05) is 30.5 Å². The fraction of sp³-hybridized carbons (Fsp3) is 0.143. The lowest BCUT2D eigenvalue weighted by Gasteiger charge is -2.07. The number of hydrogen-bond donors (Lipinski definition) is 0. The highest BCUT2D eigenvalue weighted by Gasteiger charge is 2.14. The number of hydrogen-bond acceptors (Lipinski definition) is 4. The maximum atomic E-state index is 6.27. The molecule has 3 aromatic rings. The molecule has 0 N–H and O–H groups in total. The second-order valence-electron chi connectivity index (χ2n) is 4.28. The van der Waals surface area contributed by atoms with E-state index in [2.05, 4.69) is 9.97 Å². The number of ether oxygens (including phenoxy) is 1. The average molecular weight is 325 g/mol. The molecule has 0 fully saturated rings. The summed E-state index contributed by atoms with van der Waals surface area (Å²) in [5.74, 6) is 1.37. The van der Waals surface area contributed by atoms with E-state index >= 15 is 0 Å². The molecule has 0 atom stereocenters. The molecule has 1 aromatic carbocycles. The lowest BCUT2D eigenvalue weighted by Crippen LogP contribution is -1.93. The van der Waals surface area contributed by atoms with Gasteiger partial charge in [-0.1, -0.05) is 29.3 Å². The second-order valence-corrected chi connectivity index (χ2v) is 5.95. The van der Waals surface area contributed by atoms with Gasteiger partial charge in [0.1, 0.15) is 10.9 Å². The Balaban J connectivity index is 2.26. The summed E-state index contributed by atoms with van der Waals surface area (Å²) in [7, 11) is 1.63. The Morgan fingerprint density at radius 1 is 1.20 bits per heavy atom. The van der Waals surface area contributed by atoms with E-state index in [1.165, 1.54) is 11.3 Å². The molecule has 0 aliphatic carbocycles. The molecule has 0 amide bonds. The Labute approximate surface area is 130 Å². The van der Waals surface area contributed by atoms with Gasteiger partial charge in [0.25, 0.3) is 0 Å². The molecular weight excluding hydrogens is 315 g/mol. The Morgan fingerprint density at radius 3 is 2.70 bits per heavy atom. The third kappa shape index (κ3) is 2.24. The van der Waals surface area contributed by atoms with Gasteiger partial charge >= 0.3 is 0 Å². The lowest BCUT2D eigenvalue weighted by molar-refractivity contribution is 0.417. The molecule has 0 bridgehead atoms. The van der Waals surface area contributed by atoms with Crippen LogP contribution in [0.1, 0.15) is 5.56 Å². The largest absolute Gasteiger partial charge is 0.496 e. The number of methoxy groups -OCH3 is 1. The van der Waals surface area contributed by atoms with Crippen molar-refractivity contribution in [1.82, 2.24) is 9.97 Å². The van der Waals surface area contributed by atoms with Gasteiger partial charge in [0.15, 0.2) is 5.82 Å². The van der Waals surface area contributed by atoms with Crippen molar-refractivity contribution in [2.75, 3.05) is 7.11 Å². The molecule has 0 spiro atoms. The summed E-state index contributed by atoms with van der Waals surface area (Å²) in [6, 6.07) is 5.62. The quantitative estimate of drug-likeness (QED) is 0.623. The lowest BCUT2D eigenvalue weighted by atomic mass is 10.1. The van der Waals surface area contributed by atoms with E-state index in [-0.39, 0.29) is 0 Å². The topological polar surface area (TPSA) is 35.0 Å². The molecule has 3 nitrogen and oxygen atoms in total. The SMILES string of the molecule is COc1csc(-c2nc(Cl)c3c(Cl)ccc(C)c3n2)c1. The minimum absolute atomic E-state index is 0.367. The van der Waals surface area contributed by atoms with Crippen molar-refractivity contribution >= 4 is 45.4 Å². The van der Waals surface area contributed by atoms with Crippen molar-refractivity contribution in [3.63, 3.8) is 0 Å². The maximum Gasteiger partial charge on any atom is 0.171 e. The second kappa shape index (κ2) is 5.20. The Kier molecular flexibility index (Phi) is 3.54. The van der Waals surface area contributed by atoms with Crippen LogP contribution in [0.2, 0.25) is 10.2 Å². The zero-order valence-corrected chi connectivity index (χ0v) is 13.1. The van der Waals surface area contributed by atoms with Crippen LogP contribution in [-0.2, 0) is 0 Å². The number of rotatable bonds is 2. The smallest absolute Gasteiger partial charge is 0.171 e. The van der Waals surface area contributed by atoms with Gasteiger partial charge in [0.2, 0.25) is 0 Å². The van der Waals surface area contributed by atoms with Crippen molar-refractivity contribution in [1.29, 1.82) is 0 Å². The summed E-state index contributed by atoms with van der Waals surface area (Å²) in [4.78, 5) is 9.84. The van der Waals surface area contributed by atoms with E-state index in [1.54, 1.807) is 7.11 Å². The van der Waals surface area contributed by atoms with Gasteiger partial charge in [-0.15, -0.1) is 11.3 Å². The van der Waals surface area contributed by atoms with Gasteiger partial charge in [0, 0.05) is 11.4 Å². The number of fused-ring (bicyclic) bond motifs is 1. The van der Waals surface area contributed by atoms with Gasteiger partial charge in [-0.3, -0.25) is 0 Å². The van der Waals surface area contributed by atoms with Crippen LogP contribution >= 0.6 is 34.5 Å². The highest BCUT2D eigenvalue weighted by Crippen LogP contribution is 2.34. The first-order chi connectivity index (χ1) is 9.60. The molecule has 0 radical (unpaired) electrons. The minimum atomic E-state index is 0.367. The number of nitrogens with zero attached hydrogens (tertiary/aromatic N) is 2. The summed E-state index contributed by atoms with van der Waals surface area (Å²) in [6.07, 6.45) is 0. The predicted molar refractivity (Wildman–Crippen MR) is 84.2 cm³/mol. The molecule has 3 rings (SSSR count). The first-order valence-corrected chi connectivity index (χ1v) is 7.49. The van der Waals surface area contributed by atoms with Gasteiger partial charge < -0.3 is 4.74 Å². The van der Waals surface area contributed by atoms with E-state index in [0.29, 0.717) is 21.4 Å². The summed E-state index contributed by atoms with van der Waals surface area (Å²) in [6.45, 7) is 1.97. The normalized spacial score (nSPS) is 11.0. The summed E-state index contributed by atoms with van der Waals surface area (Å²) in [5, 5.41) is 3.53. The molecule has 0 saturated heterocycles. The van der Waals surface area contributed by atoms with E-state index < -0.39 is 0 Å². The van der Waals surface area contributed by atoms with Crippen molar-refractivity contribution in [3.05, 3.63) is 39.3 Å². The first kappa shape index (κ1) is 13.6. The fourth-order valence-corrected chi connectivity index (χ4v) is 3.29. The van der Waals surface area contributed by atoms with Crippen LogP contribution in [0.4, 0.5) is 0 Å². The first-order valence-electron chi connectivity index (χ1n) is 5.85. The number of halogens is 2. The van der Waals surface area contributed by atoms with Crippen LogP contribution in [0.3, 0.4) is 0 Å². The highest BCUT2D eigenvalue weighted by atomic mass is 35.5. The van der Waals surface area contributed by atoms with E-state index in [4.69, 9.17) is 27.9 Å². The number of thiophene rings is 1. The van der Waals surface area contributed by atoms with Gasteiger partial charge in [-0.2, -0.15) is 0 Å². The van der Waals surface area contributed by atoms with Crippen molar-refractivity contribution in [2.45, 2.75) is 6.92 Å². The van der Waals surface area contributed by atoms with Crippen LogP contribution in [0.25, 0.3) is 21.6 Å². The van der Waals surface area contributed by atoms with Crippen LogP contribution in [0.15, 0.2) is 23.6 Å². The van der Waals surface area contributed by atoms with Crippen LogP contribution in [-0.4, -0.2) is 17.1 Å². The molecule has 0 aliphatic heterocycles.